The Balaban J connectivity index is 2.42. The maximum Gasteiger partial charge on any atom is 0.323 e. The van der Waals surface area contributed by atoms with Crippen molar-refractivity contribution in [3.05, 3.63) is 20.8 Å². The Morgan fingerprint density at radius 1 is 1.62 bits per heavy atom. The number of halogens is 1. The average Bonchev–Trinajstić information content (AvgIpc) is 2.60. The molecule has 0 fully saturated rings. The zero-order chi connectivity index (χ0) is 12.1. The lowest BCUT2D eigenvalue weighted by Crippen LogP contribution is -2.39. The highest BCUT2D eigenvalue weighted by Crippen LogP contribution is 2.21. The van der Waals surface area contributed by atoms with Crippen LogP contribution in [0.3, 0.4) is 0 Å². The van der Waals surface area contributed by atoms with Crippen LogP contribution in [-0.2, 0) is 11.3 Å². The fraction of sp³-hybridized carbons (Fsp3) is 0.333. The number of nitrogens with zero attached hydrogens (tertiary/aromatic N) is 1. The Hall–Kier alpha value is -1.08. The Labute approximate surface area is 105 Å². The van der Waals surface area contributed by atoms with E-state index in [0.29, 0.717) is 6.54 Å². The van der Waals surface area contributed by atoms with Gasteiger partial charge in [0.1, 0.15) is 6.54 Å². The minimum Gasteiger partial charge on any atom is -0.480 e. The van der Waals surface area contributed by atoms with E-state index in [4.69, 9.17) is 5.11 Å². The Morgan fingerprint density at radius 3 is 2.81 bits per heavy atom. The average molecular weight is 307 g/mol. The van der Waals surface area contributed by atoms with E-state index in [-0.39, 0.29) is 6.54 Å². The number of urea groups is 1. The molecule has 0 aliphatic rings. The predicted octanol–water partition coefficient (Wildman–Crippen LogP) is 1.74. The third-order valence-electron chi connectivity index (χ3n) is 1.78. The number of carbonyl (C=O) groups excluding carboxylic acids is 1. The van der Waals surface area contributed by atoms with Crippen LogP contribution >= 0.6 is 27.3 Å². The van der Waals surface area contributed by atoms with Gasteiger partial charge in [-0.05, 0) is 32.9 Å². The molecule has 16 heavy (non-hydrogen) atoms. The van der Waals surface area contributed by atoms with Gasteiger partial charge in [-0.2, -0.15) is 0 Å². The molecule has 0 saturated carbocycles. The molecule has 0 atom stereocenters. The Morgan fingerprint density at radius 2 is 2.31 bits per heavy atom. The van der Waals surface area contributed by atoms with Crippen molar-refractivity contribution in [1.29, 1.82) is 0 Å². The lowest BCUT2D eigenvalue weighted by Gasteiger charge is -2.16. The van der Waals surface area contributed by atoms with Crippen molar-refractivity contribution in [2.45, 2.75) is 6.54 Å². The molecule has 0 aliphatic carbocycles. The van der Waals surface area contributed by atoms with Crippen molar-refractivity contribution in [2.24, 2.45) is 0 Å². The van der Waals surface area contributed by atoms with Gasteiger partial charge in [0.25, 0.3) is 0 Å². The normalized spacial score (nSPS) is 9.88. The third kappa shape index (κ3) is 4.19. The fourth-order valence-electron chi connectivity index (χ4n) is 1.06. The van der Waals surface area contributed by atoms with Gasteiger partial charge in [0, 0.05) is 13.6 Å². The topological polar surface area (TPSA) is 69.6 Å². The highest BCUT2D eigenvalue weighted by molar-refractivity contribution is 9.11. The molecule has 5 nitrogen and oxygen atoms in total. The first kappa shape index (κ1) is 13.0. The molecule has 1 rings (SSSR count). The van der Waals surface area contributed by atoms with Gasteiger partial charge in [0.2, 0.25) is 0 Å². The fourth-order valence-corrected chi connectivity index (χ4v) is 2.26. The van der Waals surface area contributed by atoms with Crippen LogP contribution in [0.1, 0.15) is 5.56 Å². The number of rotatable bonds is 4. The molecule has 1 aromatic rings. The summed E-state index contributed by atoms with van der Waals surface area (Å²) in [5.74, 6) is -1.06. The zero-order valence-corrected chi connectivity index (χ0v) is 11.0. The van der Waals surface area contributed by atoms with Crippen molar-refractivity contribution < 1.29 is 14.7 Å². The van der Waals surface area contributed by atoms with Gasteiger partial charge in [-0.25, -0.2) is 4.79 Å². The van der Waals surface area contributed by atoms with Gasteiger partial charge in [0.15, 0.2) is 0 Å². The second-order valence-corrected chi connectivity index (χ2v) is 5.46. The third-order valence-corrected chi connectivity index (χ3v) is 3.33. The van der Waals surface area contributed by atoms with Gasteiger partial charge in [-0.15, -0.1) is 11.3 Å². The molecule has 0 saturated heterocycles. The molecule has 1 heterocycles. The first-order valence-corrected chi connectivity index (χ1v) is 6.10. The molecule has 0 unspecified atom stereocenters. The van der Waals surface area contributed by atoms with E-state index >= 15 is 0 Å². The molecular formula is C9H11BrN2O3S. The highest BCUT2D eigenvalue weighted by Gasteiger charge is 2.10. The largest absolute Gasteiger partial charge is 0.480 e. The van der Waals surface area contributed by atoms with Crippen LogP contribution in [0.4, 0.5) is 4.79 Å². The van der Waals surface area contributed by atoms with E-state index in [0.717, 1.165) is 9.35 Å². The molecule has 0 bridgehead atoms. The lowest BCUT2D eigenvalue weighted by molar-refractivity contribution is -0.135. The number of hydrogen-bond donors (Lipinski definition) is 2. The maximum atomic E-state index is 11.4. The van der Waals surface area contributed by atoms with Gasteiger partial charge >= 0.3 is 12.0 Å². The van der Waals surface area contributed by atoms with Crippen molar-refractivity contribution >= 4 is 39.3 Å². The van der Waals surface area contributed by atoms with Crippen LogP contribution in [0.2, 0.25) is 0 Å². The second kappa shape index (κ2) is 5.86. The van der Waals surface area contributed by atoms with E-state index in [1.165, 1.54) is 4.90 Å². The number of hydrogen-bond acceptors (Lipinski definition) is 3. The zero-order valence-electron chi connectivity index (χ0n) is 8.57. The molecule has 0 aromatic carbocycles. The van der Waals surface area contributed by atoms with E-state index in [9.17, 15) is 9.59 Å². The number of carboxylic acids is 1. The van der Waals surface area contributed by atoms with Crippen molar-refractivity contribution in [2.75, 3.05) is 13.6 Å². The summed E-state index contributed by atoms with van der Waals surface area (Å²) in [4.78, 5) is 23.1. The number of nitrogens with one attached hydrogen (secondary N) is 1. The van der Waals surface area contributed by atoms with Crippen LogP contribution in [0, 0.1) is 0 Å². The summed E-state index contributed by atoms with van der Waals surface area (Å²) in [6.07, 6.45) is 0. The highest BCUT2D eigenvalue weighted by atomic mass is 79.9. The Kier molecular flexibility index (Phi) is 4.75. The quantitative estimate of drug-likeness (QED) is 0.890. The standard InChI is InChI=1S/C9H11BrN2O3S/c1-12(9(15)11-3-8(13)14)4-6-2-7(10)16-5-6/h2,5H,3-4H2,1H3,(H,11,15)(H,13,14). The molecule has 2 N–H and O–H groups in total. The van der Waals surface area contributed by atoms with E-state index in [2.05, 4.69) is 21.2 Å². The first-order valence-electron chi connectivity index (χ1n) is 4.42. The predicted molar refractivity (Wildman–Crippen MR) is 64.5 cm³/mol. The van der Waals surface area contributed by atoms with Crippen molar-refractivity contribution in [3.8, 4) is 0 Å². The SMILES string of the molecule is CN(Cc1csc(Br)c1)C(=O)NCC(=O)O. The summed E-state index contributed by atoms with van der Waals surface area (Å²) in [5, 5.41) is 12.6. The molecule has 1 aromatic heterocycles. The minimum atomic E-state index is -1.06. The summed E-state index contributed by atoms with van der Waals surface area (Å²) in [7, 11) is 1.61. The van der Waals surface area contributed by atoms with Crippen LogP contribution in [0.15, 0.2) is 15.2 Å². The number of carbonyl (C=O) groups is 2. The molecule has 2 amide bonds. The van der Waals surface area contributed by atoms with E-state index in [1.54, 1.807) is 18.4 Å². The second-order valence-electron chi connectivity index (χ2n) is 3.17. The molecule has 0 radical (unpaired) electrons. The van der Waals surface area contributed by atoms with Crippen LogP contribution in [0.5, 0.6) is 0 Å². The summed E-state index contributed by atoms with van der Waals surface area (Å²) in [6, 6.07) is 1.52. The molecular weight excluding hydrogens is 296 g/mol. The van der Waals surface area contributed by atoms with Gasteiger partial charge in [0.05, 0.1) is 3.79 Å². The van der Waals surface area contributed by atoms with Crippen molar-refractivity contribution in [3.63, 3.8) is 0 Å². The summed E-state index contributed by atoms with van der Waals surface area (Å²) < 4.78 is 1.00. The summed E-state index contributed by atoms with van der Waals surface area (Å²) >= 11 is 4.87. The molecule has 0 spiro atoms. The van der Waals surface area contributed by atoms with E-state index < -0.39 is 12.0 Å². The summed E-state index contributed by atoms with van der Waals surface area (Å²) in [6.45, 7) is 0.0874. The van der Waals surface area contributed by atoms with Gasteiger partial charge in [-0.3, -0.25) is 4.79 Å². The van der Waals surface area contributed by atoms with Crippen LogP contribution in [-0.4, -0.2) is 35.6 Å². The molecule has 7 heteroatoms. The number of amides is 2. The van der Waals surface area contributed by atoms with Crippen molar-refractivity contribution in [1.82, 2.24) is 10.2 Å². The van der Waals surface area contributed by atoms with Crippen LogP contribution in [0.25, 0.3) is 0 Å². The van der Waals surface area contributed by atoms with E-state index in [1.807, 2.05) is 11.4 Å². The minimum absolute atomic E-state index is 0.365. The first-order chi connectivity index (χ1) is 7.49. The molecule has 0 aliphatic heterocycles. The Bertz CT molecular complexity index is 394. The number of thiophene rings is 1. The monoisotopic (exact) mass is 306 g/mol. The smallest absolute Gasteiger partial charge is 0.323 e. The molecule has 88 valence electrons. The van der Waals surface area contributed by atoms with Gasteiger partial charge in [-0.1, -0.05) is 0 Å². The van der Waals surface area contributed by atoms with Gasteiger partial charge < -0.3 is 15.3 Å². The summed E-state index contributed by atoms with van der Waals surface area (Å²) in [5.41, 5.74) is 1.00. The maximum absolute atomic E-state index is 11.4. The number of aliphatic carboxylic acids is 1. The van der Waals surface area contributed by atoms with Crippen LogP contribution < -0.4 is 5.32 Å². The number of carboxylic acid groups (broad SMARTS) is 1. The lowest BCUT2D eigenvalue weighted by atomic mass is 10.3.